The molecular weight excluding hydrogens is 536 g/mol. The van der Waals surface area contributed by atoms with E-state index in [2.05, 4.69) is 6.92 Å². The maximum atomic E-state index is 13.9. The lowest BCUT2D eigenvalue weighted by Gasteiger charge is -2.59. The molecule has 0 spiro atoms. The predicted octanol–water partition coefficient (Wildman–Crippen LogP) is 6.56. The van der Waals surface area contributed by atoms with Crippen LogP contribution < -0.4 is 4.74 Å². The summed E-state index contributed by atoms with van der Waals surface area (Å²) < 4.78 is 37.0. The topological polar surface area (TPSA) is 86.7 Å². The number of carbonyl (C=O) groups excluding carboxylic acids is 2. The molecule has 0 N–H and O–H groups in total. The van der Waals surface area contributed by atoms with Gasteiger partial charge in [-0.15, -0.1) is 0 Å². The zero-order chi connectivity index (χ0) is 29.2. The highest BCUT2D eigenvalue weighted by molar-refractivity contribution is 7.86. The van der Waals surface area contributed by atoms with Gasteiger partial charge in [0.25, 0.3) is 10.1 Å². The normalized spacial score (nSPS) is 36.0. The molecule has 7 atom stereocenters. The minimum atomic E-state index is -3.85. The van der Waals surface area contributed by atoms with Crippen molar-refractivity contribution in [2.24, 2.45) is 34.5 Å². The summed E-state index contributed by atoms with van der Waals surface area (Å²) in [6, 6.07) is 14.5. The fraction of sp³-hybridized carbons (Fsp3) is 0.529. The van der Waals surface area contributed by atoms with Gasteiger partial charge in [-0.05, 0) is 110 Å². The number of ether oxygens (including phenoxy) is 1. The van der Waals surface area contributed by atoms with Crippen LogP contribution in [0, 0.1) is 41.4 Å². The first-order chi connectivity index (χ1) is 19.4. The maximum Gasteiger partial charge on any atom is 0.297 e. The van der Waals surface area contributed by atoms with Crippen molar-refractivity contribution in [3.05, 3.63) is 65.2 Å². The SMILES string of the molecule is COc1ccc(/C=C2\C[C@@H]3[C@@H]4CC[C@H]5C[C@H](OS(=O)(=O)c6ccc(C)cc6)CC[C@]5(C)[C@H]4C(=O)C[C@@]3(C)C2=O)cc1. The van der Waals surface area contributed by atoms with E-state index in [1.807, 2.05) is 44.2 Å². The highest BCUT2D eigenvalue weighted by atomic mass is 32.2. The zero-order valence-electron chi connectivity index (χ0n) is 24.4. The number of methoxy groups -OCH3 is 1. The van der Waals surface area contributed by atoms with Crippen LogP contribution in [0.15, 0.2) is 59.0 Å². The highest BCUT2D eigenvalue weighted by Gasteiger charge is 2.64. The van der Waals surface area contributed by atoms with Crippen molar-refractivity contribution < 1.29 is 26.9 Å². The minimum absolute atomic E-state index is 0.0953. The molecule has 41 heavy (non-hydrogen) atoms. The van der Waals surface area contributed by atoms with Crippen LogP contribution in [0.5, 0.6) is 5.75 Å². The molecule has 0 aromatic heterocycles. The van der Waals surface area contributed by atoms with E-state index in [1.54, 1.807) is 31.4 Å². The summed E-state index contributed by atoms with van der Waals surface area (Å²) in [7, 11) is -2.21. The van der Waals surface area contributed by atoms with Gasteiger partial charge < -0.3 is 4.74 Å². The third-order valence-corrected chi connectivity index (χ3v) is 12.4. The number of ketones is 2. The van der Waals surface area contributed by atoms with E-state index in [9.17, 15) is 18.0 Å². The number of hydrogen-bond donors (Lipinski definition) is 0. The Kier molecular flexibility index (Phi) is 7.05. The Morgan fingerprint density at radius 1 is 0.951 bits per heavy atom. The number of benzene rings is 2. The van der Waals surface area contributed by atoms with E-state index in [1.165, 1.54) is 0 Å². The third kappa shape index (κ3) is 4.79. The van der Waals surface area contributed by atoms with E-state index in [0.717, 1.165) is 41.7 Å². The monoisotopic (exact) mass is 576 g/mol. The van der Waals surface area contributed by atoms with Crippen LogP contribution in [0.1, 0.15) is 69.9 Å². The summed E-state index contributed by atoms with van der Waals surface area (Å²) >= 11 is 0. The largest absolute Gasteiger partial charge is 0.497 e. The average molecular weight is 577 g/mol. The highest BCUT2D eigenvalue weighted by Crippen LogP contribution is 2.65. The molecular formula is C34H40O6S. The molecule has 4 aliphatic carbocycles. The molecule has 0 aliphatic heterocycles. The summed E-state index contributed by atoms with van der Waals surface area (Å²) in [6.07, 6.45) is 6.43. The molecule has 4 aliphatic rings. The molecule has 4 fully saturated rings. The van der Waals surface area contributed by atoms with Gasteiger partial charge >= 0.3 is 0 Å². The second kappa shape index (κ2) is 10.2. The van der Waals surface area contributed by atoms with Crippen molar-refractivity contribution in [3.63, 3.8) is 0 Å². The van der Waals surface area contributed by atoms with Crippen molar-refractivity contribution in [1.29, 1.82) is 0 Å². The molecule has 2 aromatic carbocycles. The molecule has 0 heterocycles. The van der Waals surface area contributed by atoms with Gasteiger partial charge in [0.15, 0.2) is 5.78 Å². The smallest absolute Gasteiger partial charge is 0.297 e. The van der Waals surface area contributed by atoms with Crippen LogP contribution >= 0.6 is 0 Å². The Bertz CT molecular complexity index is 1490. The Morgan fingerprint density at radius 2 is 1.66 bits per heavy atom. The zero-order valence-corrected chi connectivity index (χ0v) is 25.2. The fourth-order valence-corrected chi connectivity index (χ4v) is 9.89. The minimum Gasteiger partial charge on any atom is -0.497 e. The van der Waals surface area contributed by atoms with Gasteiger partial charge in [-0.3, -0.25) is 13.8 Å². The molecule has 0 radical (unpaired) electrons. The first-order valence-electron chi connectivity index (χ1n) is 14.9. The van der Waals surface area contributed by atoms with Gasteiger partial charge in [-0.1, -0.05) is 43.7 Å². The summed E-state index contributed by atoms with van der Waals surface area (Å²) in [6.45, 7) is 6.17. The second-order valence-electron chi connectivity index (χ2n) is 13.3. The number of allylic oxidation sites excluding steroid dienone is 1. The summed E-state index contributed by atoms with van der Waals surface area (Å²) in [5.74, 6) is 1.55. The number of fused-ring (bicyclic) bond motifs is 5. The fourth-order valence-electron chi connectivity index (χ4n) is 8.78. The molecule has 0 saturated heterocycles. The first kappa shape index (κ1) is 28.4. The first-order valence-corrected chi connectivity index (χ1v) is 16.3. The average Bonchev–Trinajstić information content (AvgIpc) is 3.18. The van der Waals surface area contributed by atoms with Crippen LogP contribution in [0.25, 0.3) is 6.08 Å². The molecule has 2 aromatic rings. The molecule has 218 valence electrons. The van der Waals surface area contributed by atoms with Crippen molar-refractivity contribution in [1.82, 2.24) is 0 Å². The van der Waals surface area contributed by atoms with E-state index in [4.69, 9.17) is 8.92 Å². The molecule has 7 heteroatoms. The maximum absolute atomic E-state index is 13.9. The standard InChI is InChI=1S/C34H40O6S/c1-21-5-12-27(13-6-21)41(37,38)40-26-15-16-33(2)24(19-26)9-14-28-29-18-23(17-22-7-10-25(39-4)11-8-22)32(36)34(29,3)20-30(35)31(28)33/h5-8,10-13,17,24,26,28-29,31H,9,14-16,18-20H2,1-4H3/b23-17+/t24-,26+,28-,29+,31+,33-,34+/m0/s1. The van der Waals surface area contributed by atoms with E-state index in [-0.39, 0.29) is 51.7 Å². The van der Waals surface area contributed by atoms with Crippen LogP contribution in [0.2, 0.25) is 0 Å². The molecule has 4 saturated carbocycles. The van der Waals surface area contributed by atoms with Crippen molar-refractivity contribution in [3.8, 4) is 5.75 Å². The Labute approximate surface area is 243 Å². The third-order valence-electron chi connectivity index (χ3n) is 11.0. The van der Waals surface area contributed by atoms with Crippen LogP contribution in [0.4, 0.5) is 0 Å². The number of carbonyl (C=O) groups is 2. The van der Waals surface area contributed by atoms with Gasteiger partial charge in [-0.2, -0.15) is 8.42 Å². The van der Waals surface area contributed by atoms with Crippen LogP contribution in [-0.4, -0.2) is 33.2 Å². The van der Waals surface area contributed by atoms with E-state index in [0.29, 0.717) is 25.7 Å². The van der Waals surface area contributed by atoms with Crippen molar-refractivity contribution in [2.75, 3.05) is 7.11 Å². The number of Topliss-reactive ketones (excluding diaryl/α,β-unsaturated/α-hetero) is 2. The van der Waals surface area contributed by atoms with Gasteiger partial charge in [0.2, 0.25) is 0 Å². The van der Waals surface area contributed by atoms with E-state index < -0.39 is 15.5 Å². The Balaban J connectivity index is 1.21. The number of rotatable bonds is 5. The molecule has 6 nitrogen and oxygen atoms in total. The van der Waals surface area contributed by atoms with Gasteiger partial charge in [0.1, 0.15) is 11.5 Å². The lowest BCUT2D eigenvalue weighted by atomic mass is 9.45. The van der Waals surface area contributed by atoms with Crippen molar-refractivity contribution in [2.45, 2.75) is 76.7 Å². The van der Waals surface area contributed by atoms with Gasteiger partial charge in [0, 0.05) is 17.8 Å². The summed E-state index contributed by atoms with van der Waals surface area (Å²) in [5, 5.41) is 0. The molecule has 0 unspecified atom stereocenters. The number of aryl methyl sites for hydroxylation is 1. The Morgan fingerprint density at radius 3 is 2.34 bits per heavy atom. The second-order valence-corrected chi connectivity index (χ2v) is 14.9. The predicted molar refractivity (Wildman–Crippen MR) is 157 cm³/mol. The lowest BCUT2D eigenvalue weighted by molar-refractivity contribution is -0.161. The van der Waals surface area contributed by atoms with Gasteiger partial charge in [-0.25, -0.2) is 0 Å². The van der Waals surface area contributed by atoms with E-state index >= 15 is 0 Å². The Hall–Kier alpha value is -2.77. The van der Waals surface area contributed by atoms with Crippen molar-refractivity contribution >= 4 is 27.8 Å². The lowest BCUT2D eigenvalue weighted by Crippen LogP contribution is -2.57. The molecule has 6 rings (SSSR count). The van der Waals surface area contributed by atoms with Gasteiger partial charge in [0.05, 0.1) is 18.1 Å². The molecule has 0 bridgehead atoms. The molecule has 0 amide bonds. The van der Waals surface area contributed by atoms with Crippen LogP contribution in [-0.2, 0) is 23.9 Å². The summed E-state index contributed by atoms with van der Waals surface area (Å²) in [5.41, 5.74) is 1.92. The van der Waals surface area contributed by atoms with Crippen LogP contribution in [0.3, 0.4) is 0 Å². The number of hydrogen-bond acceptors (Lipinski definition) is 6. The summed E-state index contributed by atoms with van der Waals surface area (Å²) in [4.78, 5) is 27.9. The quantitative estimate of drug-likeness (QED) is 0.296.